The molecule has 296 valence electrons. The molecule has 4 aromatic rings. The molecular formula is C44H50N2O10. The molecule has 12 heteroatoms. The number of carbonyl (C=O) groups excluding carboxylic acids is 1. The van der Waals surface area contributed by atoms with E-state index in [4.69, 9.17) is 23.7 Å². The molecule has 0 bridgehead atoms. The number of rotatable bonds is 15. The number of carboxylic acids is 1. The van der Waals surface area contributed by atoms with Crippen LogP contribution >= 0.6 is 0 Å². The number of carboxylic acid groups (broad SMARTS) is 1. The van der Waals surface area contributed by atoms with Crippen molar-refractivity contribution in [3.63, 3.8) is 0 Å². The van der Waals surface area contributed by atoms with E-state index in [0.717, 1.165) is 24.2 Å². The highest BCUT2D eigenvalue weighted by molar-refractivity contribution is 6.20. The van der Waals surface area contributed by atoms with Crippen LogP contribution in [-0.4, -0.2) is 60.2 Å². The minimum atomic E-state index is -1.06. The molecule has 0 unspecified atom stereocenters. The van der Waals surface area contributed by atoms with Crippen LogP contribution in [0.1, 0.15) is 66.5 Å². The molecule has 6 rings (SSSR count). The molecule has 2 aliphatic carbocycles. The lowest BCUT2D eigenvalue weighted by atomic mass is 10.1. The van der Waals surface area contributed by atoms with Crippen LogP contribution in [0.4, 0.5) is 0 Å². The maximum atomic E-state index is 12.7. The summed E-state index contributed by atoms with van der Waals surface area (Å²) >= 11 is 0. The number of hydrogen-bond acceptors (Lipinski definition) is 9. The summed E-state index contributed by atoms with van der Waals surface area (Å²) in [6.45, 7) is 10.5. The van der Waals surface area contributed by atoms with Crippen LogP contribution in [0.2, 0.25) is 0 Å². The Morgan fingerprint density at radius 2 is 1.04 bits per heavy atom. The number of aryl methyl sites for hydroxylation is 4. The highest BCUT2D eigenvalue weighted by Gasteiger charge is 2.25. The predicted octanol–water partition coefficient (Wildman–Crippen LogP) is 7.17. The number of carbonyl (C=O) groups is 2. The first kappa shape index (κ1) is 41.1. The fraction of sp³-hybridized carbons (Fsp3) is 0.364. The Labute approximate surface area is 326 Å². The average molecular weight is 767 g/mol. The third-order valence-electron chi connectivity index (χ3n) is 9.46. The van der Waals surface area contributed by atoms with Gasteiger partial charge >= 0.3 is 11.9 Å². The smallest absolute Gasteiger partial charge is 0.340 e. The molecule has 12 nitrogen and oxygen atoms in total. The van der Waals surface area contributed by atoms with Crippen LogP contribution in [0.15, 0.2) is 70.3 Å². The summed E-state index contributed by atoms with van der Waals surface area (Å²) in [4.78, 5) is 48.0. The van der Waals surface area contributed by atoms with E-state index in [9.17, 15) is 24.3 Å². The largest absolute Gasteiger partial charge is 0.493 e. The molecule has 0 spiro atoms. The van der Waals surface area contributed by atoms with Gasteiger partial charge < -0.3 is 37.9 Å². The number of esters is 1. The van der Waals surface area contributed by atoms with Crippen molar-refractivity contribution >= 4 is 35.5 Å². The van der Waals surface area contributed by atoms with Crippen molar-refractivity contribution < 1.29 is 38.4 Å². The van der Waals surface area contributed by atoms with E-state index in [1.54, 1.807) is 82.2 Å². The molecular weight excluding hydrogens is 716 g/mol. The Bertz CT molecular complexity index is 2200. The van der Waals surface area contributed by atoms with Gasteiger partial charge in [0.05, 0.1) is 45.2 Å². The van der Waals surface area contributed by atoms with Gasteiger partial charge in [-0.1, -0.05) is 12.1 Å². The first-order valence-electron chi connectivity index (χ1n) is 18.7. The molecule has 2 heterocycles. The maximum absolute atomic E-state index is 12.7. The second kappa shape index (κ2) is 18.5. The van der Waals surface area contributed by atoms with Crippen LogP contribution in [0, 0.1) is 39.5 Å². The molecule has 0 aliphatic heterocycles. The summed E-state index contributed by atoms with van der Waals surface area (Å²) in [5.74, 6) is 1.97. The summed E-state index contributed by atoms with van der Waals surface area (Å²) in [5.41, 5.74) is 4.26. The highest BCUT2D eigenvalue weighted by Crippen LogP contribution is 2.36. The highest BCUT2D eigenvalue weighted by atomic mass is 16.5. The van der Waals surface area contributed by atoms with Gasteiger partial charge in [-0.2, -0.15) is 0 Å². The van der Waals surface area contributed by atoms with Gasteiger partial charge in [0.15, 0.2) is 33.9 Å². The lowest BCUT2D eigenvalue weighted by molar-refractivity contribution is -0.136. The number of benzene rings is 2. The first-order chi connectivity index (χ1) is 26.8. The SMILES string of the molecule is CCOC(=O)/C(=C\n1c(C)cc(=O)cc1C)c1ccc(OC)c(OCC2CC2)c1.COc1ccc(/C(=C/n2c(C)cc(=O)cc2C)C(=O)O)cc1OCC1CC1. The molecule has 2 aromatic heterocycles. The van der Waals surface area contributed by atoms with E-state index in [2.05, 4.69) is 0 Å². The van der Waals surface area contributed by atoms with Gasteiger partial charge in [0.25, 0.3) is 0 Å². The van der Waals surface area contributed by atoms with Crippen molar-refractivity contribution in [1.29, 1.82) is 0 Å². The van der Waals surface area contributed by atoms with Crippen molar-refractivity contribution in [2.75, 3.05) is 34.0 Å². The van der Waals surface area contributed by atoms with Gasteiger partial charge in [-0.05, 0) is 108 Å². The lowest BCUT2D eigenvalue weighted by Gasteiger charge is -2.15. The Balaban J connectivity index is 0.000000215. The van der Waals surface area contributed by atoms with Crippen LogP contribution in [0.5, 0.6) is 23.0 Å². The Kier molecular flexibility index (Phi) is 13.6. The van der Waals surface area contributed by atoms with Crippen molar-refractivity contribution in [1.82, 2.24) is 9.13 Å². The third kappa shape index (κ3) is 10.8. The van der Waals surface area contributed by atoms with Crippen LogP contribution < -0.4 is 29.8 Å². The topological polar surface area (TPSA) is 145 Å². The third-order valence-corrected chi connectivity index (χ3v) is 9.46. The quantitative estimate of drug-likeness (QED) is 0.0977. The molecule has 2 saturated carbocycles. The van der Waals surface area contributed by atoms with Gasteiger partial charge in [0.1, 0.15) is 0 Å². The Morgan fingerprint density at radius 3 is 1.39 bits per heavy atom. The predicted molar refractivity (Wildman–Crippen MR) is 215 cm³/mol. The van der Waals surface area contributed by atoms with Gasteiger partial charge in [-0.3, -0.25) is 9.59 Å². The zero-order valence-corrected chi connectivity index (χ0v) is 33.0. The van der Waals surface area contributed by atoms with Crippen molar-refractivity contribution in [2.45, 2.75) is 60.3 Å². The average Bonchev–Trinajstić information content (AvgIpc) is 4.09. The minimum absolute atomic E-state index is 0.0671. The summed E-state index contributed by atoms with van der Waals surface area (Å²) in [6.07, 6.45) is 7.91. The van der Waals surface area contributed by atoms with Gasteiger partial charge in [-0.25, -0.2) is 9.59 Å². The second-order valence-electron chi connectivity index (χ2n) is 14.0. The van der Waals surface area contributed by atoms with Gasteiger partial charge in [0, 0.05) is 59.4 Å². The van der Waals surface area contributed by atoms with E-state index in [1.165, 1.54) is 43.3 Å². The minimum Gasteiger partial charge on any atom is -0.493 e. The molecule has 0 amide bonds. The maximum Gasteiger partial charge on any atom is 0.340 e. The summed E-state index contributed by atoms with van der Waals surface area (Å²) in [7, 11) is 3.15. The summed E-state index contributed by atoms with van der Waals surface area (Å²) in [6, 6.07) is 16.5. The van der Waals surface area contributed by atoms with Crippen molar-refractivity contribution in [3.8, 4) is 23.0 Å². The number of aliphatic carboxylic acids is 1. The van der Waals surface area contributed by atoms with Crippen LogP contribution in [-0.2, 0) is 14.3 Å². The van der Waals surface area contributed by atoms with E-state index >= 15 is 0 Å². The Hall–Kier alpha value is -6.04. The van der Waals surface area contributed by atoms with E-state index in [1.807, 2.05) is 18.4 Å². The van der Waals surface area contributed by atoms with Crippen LogP contribution in [0.25, 0.3) is 23.5 Å². The van der Waals surface area contributed by atoms with E-state index < -0.39 is 11.9 Å². The van der Waals surface area contributed by atoms with Gasteiger partial charge in [-0.15, -0.1) is 0 Å². The fourth-order valence-corrected chi connectivity index (χ4v) is 6.01. The van der Waals surface area contributed by atoms with Crippen molar-refractivity contribution in [2.24, 2.45) is 11.8 Å². The number of hydrogen-bond donors (Lipinski definition) is 1. The van der Waals surface area contributed by atoms with E-state index in [-0.39, 0.29) is 23.0 Å². The monoisotopic (exact) mass is 766 g/mol. The molecule has 0 atom stereocenters. The molecule has 0 saturated heterocycles. The number of nitrogens with zero attached hydrogens (tertiary/aromatic N) is 2. The molecule has 2 fully saturated rings. The zero-order chi connectivity index (χ0) is 40.5. The van der Waals surface area contributed by atoms with Crippen LogP contribution in [0.3, 0.4) is 0 Å². The van der Waals surface area contributed by atoms with Crippen molar-refractivity contribution in [3.05, 3.63) is 115 Å². The second-order valence-corrected chi connectivity index (χ2v) is 14.0. The zero-order valence-electron chi connectivity index (χ0n) is 33.0. The molecule has 56 heavy (non-hydrogen) atoms. The lowest BCUT2D eigenvalue weighted by Crippen LogP contribution is -2.12. The van der Waals surface area contributed by atoms with E-state index in [0.29, 0.717) is 76.1 Å². The summed E-state index contributed by atoms with van der Waals surface area (Å²) < 4.78 is 31.3. The standard InChI is InChI=1S/C23H27NO5.C21H23NO5/c1-5-28-23(26)20(13-24-15(2)10-19(25)11-16(24)3)18-8-9-21(27-4)22(12-18)29-14-17-6-7-17;1-13-8-17(23)9-14(2)22(13)11-18(21(24)25)16-6-7-19(26-3)20(10-16)27-12-15-4-5-15/h8-13,17H,5-7,14H2,1-4H3;6-11,15H,4-5,12H2,1-3H3,(H,24,25)/b20-13-;18-11-. The number of aromatic nitrogens is 2. The summed E-state index contributed by atoms with van der Waals surface area (Å²) in [5, 5.41) is 9.75. The fourth-order valence-electron chi connectivity index (χ4n) is 6.01. The molecule has 2 aromatic carbocycles. The molecule has 0 radical (unpaired) electrons. The molecule has 2 aliphatic rings. The Morgan fingerprint density at radius 1 is 0.643 bits per heavy atom. The number of pyridine rings is 2. The molecule has 1 N–H and O–H groups in total. The number of ether oxygens (including phenoxy) is 5. The number of methoxy groups -OCH3 is 2. The normalized spacial score (nSPS) is 14.0. The first-order valence-corrected chi connectivity index (χ1v) is 18.7. The van der Waals surface area contributed by atoms with Gasteiger partial charge in [0.2, 0.25) is 0 Å².